The molecule has 4 nitrogen and oxygen atoms in total. The molecule has 3 rings (SSSR count). The Morgan fingerprint density at radius 3 is 2.82 bits per heavy atom. The van der Waals surface area contributed by atoms with Crippen molar-refractivity contribution in [2.24, 2.45) is 0 Å². The minimum Gasteiger partial charge on any atom is -0.374 e. The molecule has 0 unspecified atom stereocenters. The molecule has 1 atom stereocenters. The highest BCUT2D eigenvalue weighted by Crippen LogP contribution is 2.23. The molecule has 0 spiro atoms. The molecule has 0 aliphatic rings. The summed E-state index contributed by atoms with van der Waals surface area (Å²) in [6.07, 6.45) is 1.02. The van der Waals surface area contributed by atoms with Crippen LogP contribution in [-0.2, 0) is 11.3 Å². The zero-order chi connectivity index (χ0) is 15.7. The van der Waals surface area contributed by atoms with Crippen LogP contribution in [0, 0.1) is 11.6 Å². The molecule has 2 aromatic heterocycles. The number of benzene rings is 1. The van der Waals surface area contributed by atoms with Crippen LogP contribution >= 0.6 is 11.3 Å². The first kappa shape index (κ1) is 14.8. The minimum atomic E-state index is -1.06. The Bertz CT molecular complexity index is 862. The number of rotatable bonds is 4. The van der Waals surface area contributed by atoms with Crippen molar-refractivity contribution in [2.75, 3.05) is 7.11 Å². The highest BCUT2D eigenvalue weighted by molar-refractivity contribution is 7.10. The first-order valence-electron chi connectivity index (χ1n) is 6.50. The zero-order valence-electron chi connectivity index (χ0n) is 11.6. The third kappa shape index (κ3) is 2.65. The fourth-order valence-corrected chi connectivity index (χ4v) is 3.01. The summed E-state index contributed by atoms with van der Waals surface area (Å²) in [6.45, 7) is 0.248. The maximum atomic E-state index is 13.3. The molecule has 0 saturated carbocycles. The van der Waals surface area contributed by atoms with E-state index in [1.165, 1.54) is 22.2 Å². The Morgan fingerprint density at radius 1 is 1.36 bits per heavy atom. The Morgan fingerprint density at radius 2 is 2.14 bits per heavy atom. The van der Waals surface area contributed by atoms with Gasteiger partial charge in [0, 0.05) is 18.1 Å². The summed E-state index contributed by atoms with van der Waals surface area (Å²) in [5.74, 6) is -2.09. The van der Waals surface area contributed by atoms with E-state index in [0.717, 1.165) is 17.0 Å². The van der Waals surface area contributed by atoms with Crippen molar-refractivity contribution in [2.45, 2.75) is 12.6 Å². The van der Waals surface area contributed by atoms with Crippen molar-refractivity contribution in [1.82, 2.24) is 9.55 Å². The lowest BCUT2D eigenvalue weighted by molar-refractivity contribution is 0.0897. The van der Waals surface area contributed by atoms with Crippen LogP contribution in [0.25, 0.3) is 10.9 Å². The second-order valence-electron chi connectivity index (χ2n) is 4.73. The van der Waals surface area contributed by atoms with Crippen LogP contribution in [0.1, 0.15) is 11.0 Å². The molecule has 0 aliphatic heterocycles. The van der Waals surface area contributed by atoms with E-state index in [1.807, 2.05) is 17.5 Å². The van der Waals surface area contributed by atoms with Gasteiger partial charge >= 0.3 is 0 Å². The van der Waals surface area contributed by atoms with Crippen molar-refractivity contribution < 1.29 is 13.5 Å². The lowest BCUT2D eigenvalue weighted by Crippen LogP contribution is -2.24. The van der Waals surface area contributed by atoms with Gasteiger partial charge in [-0.05, 0) is 17.5 Å². The number of fused-ring (bicyclic) bond motifs is 1. The molecule has 0 saturated heterocycles. The van der Waals surface area contributed by atoms with Gasteiger partial charge in [-0.3, -0.25) is 9.36 Å². The predicted octanol–water partition coefficient (Wildman–Crippen LogP) is 3.12. The van der Waals surface area contributed by atoms with Gasteiger partial charge in [-0.25, -0.2) is 13.8 Å². The molecule has 0 amide bonds. The molecule has 0 bridgehead atoms. The average Bonchev–Trinajstić information content (AvgIpc) is 3.03. The van der Waals surface area contributed by atoms with Gasteiger partial charge in [0.05, 0.1) is 23.8 Å². The number of ether oxygens (including phenoxy) is 1. The fraction of sp³-hybridized carbons (Fsp3) is 0.200. The molecule has 0 fully saturated rings. The summed E-state index contributed by atoms with van der Waals surface area (Å²) >= 11 is 1.52. The zero-order valence-corrected chi connectivity index (χ0v) is 12.4. The van der Waals surface area contributed by atoms with Crippen LogP contribution in [0.3, 0.4) is 0 Å². The molecule has 114 valence electrons. The predicted molar refractivity (Wildman–Crippen MR) is 80.0 cm³/mol. The number of halogens is 2. The number of aromatic nitrogens is 2. The third-order valence-corrected chi connectivity index (χ3v) is 4.34. The van der Waals surface area contributed by atoms with Crippen LogP contribution in [0.2, 0.25) is 0 Å². The molecule has 1 aromatic carbocycles. The third-order valence-electron chi connectivity index (χ3n) is 3.37. The standard InChI is InChI=1S/C15H12F2N2O2S/c1-21-13(14-3-2-4-22-14)7-19-8-18-12-6-11(17)10(16)5-9(12)15(19)20/h2-6,8,13H,7H2,1H3/t13-/m0/s1. The van der Waals surface area contributed by atoms with Crippen LogP contribution in [0.15, 0.2) is 40.8 Å². The van der Waals surface area contributed by atoms with Gasteiger partial charge in [0.1, 0.15) is 6.10 Å². The molecular formula is C15H12F2N2O2S. The van der Waals surface area contributed by atoms with Crippen LogP contribution in [0.5, 0.6) is 0 Å². The smallest absolute Gasteiger partial charge is 0.261 e. The molecule has 2 heterocycles. The first-order valence-corrected chi connectivity index (χ1v) is 7.38. The number of thiophene rings is 1. The molecule has 3 aromatic rings. The molecule has 22 heavy (non-hydrogen) atoms. The highest BCUT2D eigenvalue weighted by atomic mass is 32.1. The van der Waals surface area contributed by atoms with Crippen molar-refractivity contribution in [3.05, 3.63) is 62.8 Å². The van der Waals surface area contributed by atoms with E-state index in [2.05, 4.69) is 4.98 Å². The summed E-state index contributed by atoms with van der Waals surface area (Å²) in [7, 11) is 1.55. The van der Waals surface area contributed by atoms with E-state index < -0.39 is 17.2 Å². The summed E-state index contributed by atoms with van der Waals surface area (Å²) in [4.78, 5) is 17.4. The van der Waals surface area contributed by atoms with Gasteiger partial charge < -0.3 is 4.74 Å². The Hall–Kier alpha value is -2.12. The van der Waals surface area contributed by atoms with E-state index in [0.29, 0.717) is 0 Å². The van der Waals surface area contributed by atoms with Crippen LogP contribution < -0.4 is 5.56 Å². The number of hydrogen-bond donors (Lipinski definition) is 0. The van der Waals surface area contributed by atoms with Gasteiger partial charge in [0.2, 0.25) is 0 Å². The van der Waals surface area contributed by atoms with Gasteiger partial charge in [-0.15, -0.1) is 11.3 Å². The van der Waals surface area contributed by atoms with Crippen molar-refractivity contribution in [1.29, 1.82) is 0 Å². The number of nitrogens with zero attached hydrogens (tertiary/aromatic N) is 2. The maximum Gasteiger partial charge on any atom is 0.261 e. The number of methoxy groups -OCH3 is 1. The van der Waals surface area contributed by atoms with Crippen molar-refractivity contribution in [3.63, 3.8) is 0 Å². The van der Waals surface area contributed by atoms with E-state index in [1.54, 1.807) is 7.11 Å². The van der Waals surface area contributed by atoms with E-state index >= 15 is 0 Å². The van der Waals surface area contributed by atoms with E-state index in [-0.39, 0.29) is 23.6 Å². The van der Waals surface area contributed by atoms with Crippen molar-refractivity contribution in [3.8, 4) is 0 Å². The first-order chi connectivity index (χ1) is 10.6. The summed E-state index contributed by atoms with van der Waals surface area (Å²) in [6, 6.07) is 5.60. The van der Waals surface area contributed by atoms with Crippen molar-refractivity contribution >= 4 is 22.2 Å². The van der Waals surface area contributed by atoms with Gasteiger partial charge in [-0.2, -0.15) is 0 Å². The van der Waals surface area contributed by atoms with Crippen LogP contribution in [-0.4, -0.2) is 16.7 Å². The van der Waals surface area contributed by atoms with Gasteiger partial charge in [-0.1, -0.05) is 6.07 Å². The molecule has 0 aliphatic carbocycles. The summed E-state index contributed by atoms with van der Waals surface area (Å²) in [5.41, 5.74) is -0.298. The number of hydrogen-bond acceptors (Lipinski definition) is 4. The topological polar surface area (TPSA) is 44.1 Å². The average molecular weight is 322 g/mol. The maximum absolute atomic E-state index is 13.3. The fourth-order valence-electron chi connectivity index (χ4n) is 2.22. The van der Waals surface area contributed by atoms with E-state index in [9.17, 15) is 13.6 Å². The summed E-state index contributed by atoms with van der Waals surface area (Å²) < 4.78 is 33.3. The Balaban J connectivity index is 2.03. The Labute approximate surface area is 128 Å². The van der Waals surface area contributed by atoms with Crippen LogP contribution in [0.4, 0.5) is 8.78 Å². The monoisotopic (exact) mass is 322 g/mol. The highest BCUT2D eigenvalue weighted by Gasteiger charge is 2.15. The van der Waals surface area contributed by atoms with E-state index in [4.69, 9.17) is 4.74 Å². The SMILES string of the molecule is CO[C@@H](Cn1cnc2cc(F)c(F)cc2c1=O)c1cccs1. The normalized spacial score (nSPS) is 12.7. The quantitative estimate of drug-likeness (QED) is 0.741. The molecule has 0 N–H and O–H groups in total. The minimum absolute atomic E-state index is 0.0439. The summed E-state index contributed by atoms with van der Waals surface area (Å²) in [5, 5.41) is 1.96. The van der Waals surface area contributed by atoms with Gasteiger partial charge in [0.25, 0.3) is 5.56 Å². The second-order valence-corrected chi connectivity index (χ2v) is 5.70. The molecule has 7 heteroatoms. The second kappa shape index (κ2) is 5.94. The Kier molecular flexibility index (Phi) is 4.00. The lowest BCUT2D eigenvalue weighted by atomic mass is 10.2. The molecular weight excluding hydrogens is 310 g/mol. The largest absolute Gasteiger partial charge is 0.374 e. The lowest BCUT2D eigenvalue weighted by Gasteiger charge is -2.15. The molecule has 0 radical (unpaired) electrons. The van der Waals surface area contributed by atoms with Gasteiger partial charge in [0.15, 0.2) is 11.6 Å².